The molecule has 27 heavy (non-hydrogen) atoms. The summed E-state index contributed by atoms with van der Waals surface area (Å²) in [6.45, 7) is -0.751. The van der Waals surface area contributed by atoms with Crippen LogP contribution in [0.3, 0.4) is 0 Å². The fraction of sp³-hybridized carbons (Fsp3) is 0.222. The molecule has 0 saturated heterocycles. The Morgan fingerprint density at radius 1 is 1.07 bits per heavy atom. The summed E-state index contributed by atoms with van der Waals surface area (Å²) < 4.78 is 14.9. The fourth-order valence-electron chi connectivity index (χ4n) is 2.05. The van der Waals surface area contributed by atoms with Crippen molar-refractivity contribution in [2.75, 3.05) is 20.3 Å². The number of hydrogen-bond donors (Lipinski definition) is 1. The Hall–Kier alpha value is -3.62. The molecule has 1 amide bonds. The number of nitro benzene ring substituents is 1. The summed E-state index contributed by atoms with van der Waals surface area (Å²) in [7, 11) is 1.56. The van der Waals surface area contributed by atoms with Gasteiger partial charge in [0.15, 0.2) is 19.0 Å². The molecule has 0 bridgehead atoms. The van der Waals surface area contributed by atoms with E-state index in [0.29, 0.717) is 5.75 Å². The van der Waals surface area contributed by atoms with Crippen molar-refractivity contribution in [1.29, 1.82) is 0 Å². The average Bonchev–Trinajstić information content (AvgIpc) is 2.69. The minimum atomic E-state index is -0.812. The van der Waals surface area contributed by atoms with E-state index in [4.69, 9.17) is 14.2 Å². The number of esters is 1. The van der Waals surface area contributed by atoms with Gasteiger partial charge < -0.3 is 19.5 Å². The number of amides is 1. The molecule has 0 atom stereocenters. The number of ether oxygens (including phenoxy) is 3. The summed E-state index contributed by atoms with van der Waals surface area (Å²) in [5.74, 6) is -0.640. The first-order valence-corrected chi connectivity index (χ1v) is 7.91. The van der Waals surface area contributed by atoms with E-state index in [2.05, 4.69) is 5.32 Å². The Kier molecular flexibility index (Phi) is 7.12. The molecule has 0 heterocycles. The molecule has 0 radical (unpaired) electrons. The number of nitrogens with zero attached hydrogens (tertiary/aromatic N) is 1. The molecule has 0 fully saturated rings. The summed E-state index contributed by atoms with van der Waals surface area (Å²) in [6, 6.07) is 12.8. The van der Waals surface area contributed by atoms with Crippen LogP contribution in [0.2, 0.25) is 0 Å². The predicted octanol–water partition coefficient (Wildman–Crippen LogP) is 1.84. The quantitative estimate of drug-likeness (QED) is 0.404. The zero-order chi connectivity index (χ0) is 19.6. The molecule has 0 unspecified atom stereocenters. The van der Waals surface area contributed by atoms with Crippen LogP contribution in [-0.4, -0.2) is 37.1 Å². The first-order valence-electron chi connectivity index (χ1n) is 7.91. The molecule has 0 aliphatic heterocycles. The highest BCUT2D eigenvalue weighted by molar-refractivity contribution is 5.80. The number of nitrogens with one attached hydrogen (secondary N) is 1. The van der Waals surface area contributed by atoms with E-state index in [0.717, 1.165) is 5.56 Å². The van der Waals surface area contributed by atoms with E-state index in [1.165, 1.54) is 18.2 Å². The lowest BCUT2D eigenvalue weighted by molar-refractivity contribution is -0.385. The Bertz CT molecular complexity index is 806. The number of rotatable bonds is 9. The molecule has 2 rings (SSSR count). The highest BCUT2D eigenvalue weighted by Gasteiger charge is 2.15. The molecule has 142 valence electrons. The van der Waals surface area contributed by atoms with Crippen molar-refractivity contribution in [3.8, 4) is 11.5 Å². The topological polar surface area (TPSA) is 117 Å². The van der Waals surface area contributed by atoms with Gasteiger partial charge >= 0.3 is 11.7 Å². The van der Waals surface area contributed by atoms with Crippen LogP contribution in [0, 0.1) is 10.1 Å². The van der Waals surface area contributed by atoms with Gasteiger partial charge in [-0.3, -0.25) is 14.9 Å². The van der Waals surface area contributed by atoms with Gasteiger partial charge in [0.05, 0.1) is 12.0 Å². The number of benzene rings is 2. The first-order chi connectivity index (χ1) is 13.0. The van der Waals surface area contributed by atoms with Crippen molar-refractivity contribution in [3.05, 3.63) is 64.2 Å². The van der Waals surface area contributed by atoms with Crippen molar-refractivity contribution >= 4 is 17.6 Å². The summed E-state index contributed by atoms with van der Waals surface area (Å²) >= 11 is 0. The Morgan fingerprint density at radius 3 is 2.44 bits per heavy atom. The van der Waals surface area contributed by atoms with Gasteiger partial charge in [0, 0.05) is 12.6 Å². The van der Waals surface area contributed by atoms with Gasteiger partial charge in [-0.15, -0.1) is 0 Å². The zero-order valence-electron chi connectivity index (χ0n) is 14.5. The van der Waals surface area contributed by atoms with Crippen molar-refractivity contribution < 1.29 is 28.7 Å². The van der Waals surface area contributed by atoms with Gasteiger partial charge in [-0.2, -0.15) is 0 Å². The highest BCUT2D eigenvalue weighted by atomic mass is 16.6. The number of hydrogen-bond acceptors (Lipinski definition) is 7. The van der Waals surface area contributed by atoms with Gasteiger partial charge in [-0.25, -0.2) is 4.79 Å². The largest absolute Gasteiger partial charge is 0.497 e. The van der Waals surface area contributed by atoms with Gasteiger partial charge in [0.2, 0.25) is 0 Å². The predicted molar refractivity (Wildman–Crippen MR) is 94.4 cm³/mol. The molecule has 0 saturated carbocycles. The van der Waals surface area contributed by atoms with E-state index >= 15 is 0 Å². The average molecular weight is 374 g/mol. The number of methoxy groups -OCH3 is 1. The number of carbonyl (C=O) groups excluding carboxylic acids is 2. The second-order valence-electron chi connectivity index (χ2n) is 5.30. The van der Waals surface area contributed by atoms with Gasteiger partial charge in [0.25, 0.3) is 5.91 Å². The molecule has 0 aromatic heterocycles. The van der Waals surface area contributed by atoms with E-state index in [1.54, 1.807) is 37.4 Å². The van der Waals surface area contributed by atoms with Crippen molar-refractivity contribution in [3.63, 3.8) is 0 Å². The smallest absolute Gasteiger partial charge is 0.344 e. The Morgan fingerprint density at radius 2 is 1.78 bits per heavy atom. The van der Waals surface area contributed by atoms with Crippen LogP contribution in [0.1, 0.15) is 5.56 Å². The SMILES string of the molecule is COc1ccc(CNC(=O)COC(=O)COc2ccccc2[N+](=O)[O-])cc1. The second-order valence-corrected chi connectivity index (χ2v) is 5.30. The molecule has 2 aromatic rings. The first kappa shape index (κ1) is 19.7. The molecule has 1 N–H and O–H groups in total. The third-order valence-electron chi connectivity index (χ3n) is 3.42. The van der Waals surface area contributed by atoms with Crippen molar-refractivity contribution in [2.24, 2.45) is 0 Å². The zero-order valence-corrected chi connectivity index (χ0v) is 14.5. The fourth-order valence-corrected chi connectivity index (χ4v) is 2.05. The number of nitro groups is 1. The normalized spacial score (nSPS) is 9.96. The van der Waals surface area contributed by atoms with Crippen LogP contribution >= 0.6 is 0 Å². The highest BCUT2D eigenvalue weighted by Crippen LogP contribution is 2.25. The molecule has 2 aromatic carbocycles. The van der Waals surface area contributed by atoms with Crippen LogP contribution in [0.15, 0.2) is 48.5 Å². The van der Waals surface area contributed by atoms with Crippen LogP contribution in [-0.2, 0) is 20.9 Å². The third kappa shape index (κ3) is 6.31. The summed E-state index contributed by atoms with van der Waals surface area (Å²) in [5, 5.41) is 13.5. The van der Waals surface area contributed by atoms with Crippen molar-refractivity contribution in [2.45, 2.75) is 6.54 Å². The number of para-hydroxylation sites is 2. The minimum absolute atomic E-state index is 0.0524. The maximum absolute atomic E-state index is 11.7. The van der Waals surface area contributed by atoms with Crippen LogP contribution < -0.4 is 14.8 Å². The van der Waals surface area contributed by atoms with Gasteiger partial charge in [-0.1, -0.05) is 24.3 Å². The Balaban J connectivity index is 1.71. The molecular weight excluding hydrogens is 356 g/mol. The van der Waals surface area contributed by atoms with Gasteiger partial charge in [-0.05, 0) is 23.8 Å². The van der Waals surface area contributed by atoms with Crippen LogP contribution in [0.4, 0.5) is 5.69 Å². The summed E-state index contributed by atoms with van der Waals surface area (Å²) in [5.41, 5.74) is 0.595. The maximum atomic E-state index is 11.7. The third-order valence-corrected chi connectivity index (χ3v) is 3.42. The van der Waals surface area contributed by atoms with E-state index < -0.39 is 30.0 Å². The van der Waals surface area contributed by atoms with Crippen LogP contribution in [0.25, 0.3) is 0 Å². The minimum Gasteiger partial charge on any atom is -0.497 e. The monoisotopic (exact) mass is 374 g/mol. The Labute approximate surface area is 155 Å². The lowest BCUT2D eigenvalue weighted by atomic mass is 10.2. The molecule has 0 spiro atoms. The molecule has 0 aliphatic carbocycles. The molecule has 9 nitrogen and oxygen atoms in total. The van der Waals surface area contributed by atoms with E-state index in [1.807, 2.05) is 0 Å². The number of carbonyl (C=O) groups is 2. The standard InChI is InChI=1S/C18H18N2O7/c1-25-14-8-6-13(7-9-14)10-19-17(21)11-27-18(22)12-26-16-5-3-2-4-15(16)20(23)24/h2-9H,10-12H2,1H3,(H,19,21). The lowest BCUT2D eigenvalue weighted by Gasteiger charge is -2.08. The lowest BCUT2D eigenvalue weighted by Crippen LogP contribution is -2.29. The second kappa shape index (κ2) is 9.76. The molecular formula is C18H18N2O7. The van der Waals surface area contributed by atoms with E-state index in [9.17, 15) is 19.7 Å². The van der Waals surface area contributed by atoms with Crippen molar-refractivity contribution in [1.82, 2.24) is 5.32 Å². The summed E-state index contributed by atoms with van der Waals surface area (Å²) in [6.07, 6.45) is 0. The maximum Gasteiger partial charge on any atom is 0.344 e. The molecule has 9 heteroatoms. The van der Waals surface area contributed by atoms with Gasteiger partial charge in [0.1, 0.15) is 5.75 Å². The van der Waals surface area contributed by atoms with Crippen LogP contribution in [0.5, 0.6) is 11.5 Å². The van der Waals surface area contributed by atoms with E-state index in [-0.39, 0.29) is 18.0 Å². The summed E-state index contributed by atoms with van der Waals surface area (Å²) in [4.78, 5) is 33.6. The molecule has 0 aliphatic rings.